The first-order valence-corrected chi connectivity index (χ1v) is 5.67. The first-order chi connectivity index (χ1) is 9.08. The van der Waals surface area contributed by atoms with Crippen molar-refractivity contribution in [2.45, 2.75) is 24.4 Å². The molecule has 1 saturated heterocycles. The number of hydrogen-bond donors (Lipinski definition) is 5. The predicted molar refractivity (Wildman–Crippen MR) is 61.2 cm³/mol. The van der Waals surface area contributed by atoms with Crippen molar-refractivity contribution in [3.8, 4) is 0 Å². The van der Waals surface area contributed by atoms with Gasteiger partial charge in [0.2, 0.25) is 0 Å². The van der Waals surface area contributed by atoms with Crippen molar-refractivity contribution in [1.29, 1.82) is 0 Å². The molecular formula is C10H12N4O5. The highest BCUT2D eigenvalue weighted by molar-refractivity contribution is 5.68. The van der Waals surface area contributed by atoms with Gasteiger partial charge in [0, 0.05) is 0 Å². The highest BCUT2D eigenvalue weighted by Crippen LogP contribution is 2.26. The number of aliphatic hydroxyl groups excluding tert-OH is 3. The van der Waals surface area contributed by atoms with E-state index in [0.29, 0.717) is 0 Å². The Labute approximate surface area is 105 Å². The van der Waals surface area contributed by atoms with Crippen LogP contribution in [0.2, 0.25) is 0 Å². The van der Waals surface area contributed by atoms with Crippen molar-refractivity contribution >= 4 is 11.2 Å². The molecule has 0 saturated carbocycles. The number of rotatable bonds is 1. The van der Waals surface area contributed by atoms with E-state index in [1.807, 2.05) is 0 Å². The molecule has 0 radical (unpaired) electrons. The third-order valence-electron chi connectivity index (χ3n) is 3.08. The molecule has 19 heavy (non-hydrogen) atoms. The molecule has 2 aromatic heterocycles. The van der Waals surface area contributed by atoms with Gasteiger partial charge in [-0.15, -0.1) is 0 Å². The summed E-state index contributed by atoms with van der Waals surface area (Å²) in [6.07, 6.45) is -3.62. The summed E-state index contributed by atoms with van der Waals surface area (Å²) >= 11 is 0. The topological polar surface area (TPSA) is 144 Å². The Bertz CT molecular complexity index is 653. The molecule has 1 fully saturated rings. The van der Waals surface area contributed by atoms with Gasteiger partial charge in [-0.2, -0.15) is 0 Å². The second-order valence-corrected chi connectivity index (χ2v) is 4.35. The highest BCUT2D eigenvalue weighted by Gasteiger charge is 2.39. The van der Waals surface area contributed by atoms with Crippen LogP contribution in [-0.4, -0.2) is 60.2 Å². The van der Waals surface area contributed by atoms with Crippen molar-refractivity contribution in [2.24, 2.45) is 0 Å². The van der Waals surface area contributed by atoms with Crippen LogP contribution >= 0.6 is 0 Å². The van der Waals surface area contributed by atoms with E-state index >= 15 is 0 Å². The molecule has 1 aliphatic heterocycles. The molecule has 3 rings (SSSR count). The molecule has 0 aliphatic carbocycles. The Morgan fingerprint density at radius 2 is 2.11 bits per heavy atom. The van der Waals surface area contributed by atoms with Gasteiger partial charge in [-0.3, -0.25) is 4.79 Å². The summed E-state index contributed by atoms with van der Waals surface area (Å²) < 4.78 is 5.21. The molecule has 1 aliphatic rings. The van der Waals surface area contributed by atoms with Crippen LogP contribution in [0.1, 0.15) is 11.9 Å². The molecule has 4 atom stereocenters. The number of ether oxygens (including phenoxy) is 1. The standard InChI is InChI=1S/C10H12N4O5/c15-3-1-19-7(6(17)5(3)16)9-13-8-4(10(18)14-9)11-2-12-8/h2-3,5-7,15-17H,1H2,(H2,11,12,13,14,18)/t3-,5-,6+,7?/m1/s1. The van der Waals surface area contributed by atoms with Crippen molar-refractivity contribution < 1.29 is 20.1 Å². The van der Waals surface area contributed by atoms with E-state index < -0.39 is 30.0 Å². The van der Waals surface area contributed by atoms with Crippen LogP contribution < -0.4 is 5.56 Å². The molecule has 1 unspecified atom stereocenters. The van der Waals surface area contributed by atoms with Crippen LogP contribution in [0.15, 0.2) is 11.1 Å². The maximum atomic E-state index is 11.7. The average molecular weight is 268 g/mol. The first kappa shape index (κ1) is 12.2. The molecule has 0 spiro atoms. The second-order valence-electron chi connectivity index (χ2n) is 4.35. The number of hydrogen-bond acceptors (Lipinski definition) is 7. The maximum absolute atomic E-state index is 11.7. The number of aliphatic hydroxyl groups is 3. The maximum Gasteiger partial charge on any atom is 0.277 e. The van der Waals surface area contributed by atoms with Gasteiger partial charge in [0.15, 0.2) is 11.2 Å². The number of aromatic nitrogens is 4. The number of fused-ring (bicyclic) bond motifs is 1. The molecule has 0 aromatic carbocycles. The summed E-state index contributed by atoms with van der Waals surface area (Å²) in [5, 5.41) is 28.8. The van der Waals surface area contributed by atoms with E-state index in [2.05, 4.69) is 19.9 Å². The lowest BCUT2D eigenvalue weighted by atomic mass is 9.99. The summed E-state index contributed by atoms with van der Waals surface area (Å²) in [6.45, 7) is -0.162. The molecule has 0 bridgehead atoms. The fourth-order valence-electron chi connectivity index (χ4n) is 2.04. The molecular weight excluding hydrogens is 256 g/mol. The lowest BCUT2D eigenvalue weighted by Gasteiger charge is -2.34. The predicted octanol–water partition coefficient (Wildman–Crippen LogP) is -2.20. The minimum Gasteiger partial charge on any atom is -0.388 e. The van der Waals surface area contributed by atoms with Crippen LogP contribution in [0.4, 0.5) is 0 Å². The number of nitrogens with one attached hydrogen (secondary N) is 2. The molecule has 0 amide bonds. The molecule has 102 valence electrons. The zero-order valence-corrected chi connectivity index (χ0v) is 9.65. The number of H-pyrrole nitrogens is 2. The van der Waals surface area contributed by atoms with Gasteiger partial charge < -0.3 is 30.0 Å². The van der Waals surface area contributed by atoms with Crippen molar-refractivity contribution in [2.75, 3.05) is 6.61 Å². The molecule has 9 nitrogen and oxygen atoms in total. The van der Waals surface area contributed by atoms with E-state index in [9.17, 15) is 20.1 Å². The zero-order valence-electron chi connectivity index (χ0n) is 9.65. The Morgan fingerprint density at radius 1 is 1.32 bits per heavy atom. The van der Waals surface area contributed by atoms with Gasteiger partial charge in [0.25, 0.3) is 5.56 Å². The molecule has 9 heteroatoms. The Hall–Kier alpha value is -1.81. The van der Waals surface area contributed by atoms with E-state index in [4.69, 9.17) is 4.74 Å². The number of imidazole rings is 1. The van der Waals surface area contributed by atoms with Gasteiger partial charge in [-0.05, 0) is 0 Å². The van der Waals surface area contributed by atoms with Gasteiger partial charge in [0.05, 0.1) is 12.9 Å². The second kappa shape index (κ2) is 4.38. The molecule has 5 N–H and O–H groups in total. The smallest absolute Gasteiger partial charge is 0.277 e. The lowest BCUT2D eigenvalue weighted by Crippen LogP contribution is -2.49. The summed E-state index contributed by atoms with van der Waals surface area (Å²) in [5.74, 6) is 0.0584. The minimum absolute atomic E-state index is 0.0584. The average Bonchev–Trinajstić information content (AvgIpc) is 2.85. The monoisotopic (exact) mass is 268 g/mol. The summed E-state index contributed by atoms with van der Waals surface area (Å²) in [4.78, 5) is 24.7. The van der Waals surface area contributed by atoms with Crippen LogP contribution in [0, 0.1) is 0 Å². The quantitative estimate of drug-likeness (QED) is 0.394. The molecule has 3 heterocycles. The largest absolute Gasteiger partial charge is 0.388 e. The van der Waals surface area contributed by atoms with Crippen LogP contribution in [0.5, 0.6) is 0 Å². The number of aromatic amines is 2. The van der Waals surface area contributed by atoms with Crippen LogP contribution in [0.25, 0.3) is 11.2 Å². The Morgan fingerprint density at radius 3 is 2.89 bits per heavy atom. The van der Waals surface area contributed by atoms with Gasteiger partial charge in [0.1, 0.15) is 30.2 Å². The van der Waals surface area contributed by atoms with Crippen LogP contribution in [0.3, 0.4) is 0 Å². The van der Waals surface area contributed by atoms with E-state index in [1.165, 1.54) is 6.33 Å². The van der Waals surface area contributed by atoms with E-state index in [-0.39, 0.29) is 23.6 Å². The normalized spacial score (nSPS) is 31.7. The van der Waals surface area contributed by atoms with Gasteiger partial charge in [-0.1, -0.05) is 0 Å². The summed E-state index contributed by atoms with van der Waals surface area (Å²) in [6, 6.07) is 0. The molecule has 2 aromatic rings. The van der Waals surface area contributed by atoms with Crippen molar-refractivity contribution in [3.63, 3.8) is 0 Å². The lowest BCUT2D eigenvalue weighted by molar-refractivity contribution is -0.191. The van der Waals surface area contributed by atoms with Gasteiger partial charge in [-0.25, -0.2) is 9.97 Å². The van der Waals surface area contributed by atoms with Crippen molar-refractivity contribution in [3.05, 3.63) is 22.5 Å². The fraction of sp³-hybridized carbons (Fsp3) is 0.500. The SMILES string of the molecule is O=c1[nH]c(C2OC[C@@H](O)[C@@H](O)[C@@H]2O)nc2nc[nH]c12. The highest BCUT2D eigenvalue weighted by atomic mass is 16.5. The first-order valence-electron chi connectivity index (χ1n) is 5.67. The van der Waals surface area contributed by atoms with E-state index in [1.54, 1.807) is 0 Å². The minimum atomic E-state index is -1.39. The zero-order chi connectivity index (χ0) is 13.6. The van der Waals surface area contributed by atoms with Gasteiger partial charge >= 0.3 is 0 Å². The van der Waals surface area contributed by atoms with Crippen LogP contribution in [-0.2, 0) is 4.74 Å². The fourth-order valence-corrected chi connectivity index (χ4v) is 2.04. The number of nitrogens with zero attached hydrogens (tertiary/aromatic N) is 2. The Kier molecular flexibility index (Phi) is 2.82. The third-order valence-corrected chi connectivity index (χ3v) is 3.08. The Balaban J connectivity index is 2.02. The van der Waals surface area contributed by atoms with E-state index in [0.717, 1.165) is 0 Å². The summed E-state index contributed by atoms with van der Waals surface area (Å²) in [5.41, 5.74) is -0.0429. The van der Waals surface area contributed by atoms with Crippen molar-refractivity contribution in [1.82, 2.24) is 19.9 Å². The summed E-state index contributed by atoms with van der Waals surface area (Å²) in [7, 11) is 0. The third kappa shape index (κ3) is 1.92.